The molecule has 2 rings (SSSR count). The normalized spacial score (nSPS) is 12.3. The fourth-order valence-corrected chi connectivity index (χ4v) is 2.83. The maximum absolute atomic E-state index is 12.6. The van der Waals surface area contributed by atoms with Crippen LogP contribution in [0.5, 0.6) is 0 Å². The summed E-state index contributed by atoms with van der Waals surface area (Å²) in [5.74, 6) is -2.91. The minimum absolute atomic E-state index is 0.202. The minimum Gasteiger partial charge on any atom is -0.480 e. The van der Waals surface area contributed by atoms with Gasteiger partial charge >= 0.3 is 5.97 Å². The Labute approximate surface area is 180 Å². The van der Waals surface area contributed by atoms with Gasteiger partial charge in [-0.25, -0.2) is 0 Å². The summed E-state index contributed by atoms with van der Waals surface area (Å²) in [5, 5.41) is 15.8. The van der Waals surface area contributed by atoms with Gasteiger partial charge in [0.25, 0.3) is 0 Å². The van der Waals surface area contributed by atoms with Gasteiger partial charge in [0.2, 0.25) is 17.7 Å². The monoisotopic (exact) mass is 426 g/mol. The molecule has 0 spiro atoms. The van der Waals surface area contributed by atoms with Gasteiger partial charge in [-0.3, -0.25) is 19.2 Å². The Hall–Kier alpha value is -3.72. The second-order valence-electron chi connectivity index (χ2n) is 6.94. The highest BCUT2D eigenvalue weighted by molar-refractivity contribution is 5.92. The molecule has 0 aliphatic rings. The Morgan fingerprint density at radius 2 is 1.32 bits per heavy atom. The van der Waals surface area contributed by atoms with E-state index in [0.717, 1.165) is 11.1 Å². The Balaban J connectivity index is 2.00. The van der Waals surface area contributed by atoms with Gasteiger partial charge in [0, 0.05) is 6.42 Å². The third kappa shape index (κ3) is 8.67. The van der Waals surface area contributed by atoms with Crippen molar-refractivity contribution < 1.29 is 24.3 Å². The van der Waals surface area contributed by atoms with Crippen molar-refractivity contribution in [3.05, 3.63) is 71.8 Å². The average Bonchev–Trinajstić information content (AvgIpc) is 2.76. The van der Waals surface area contributed by atoms with Crippen LogP contribution in [0.2, 0.25) is 0 Å². The van der Waals surface area contributed by atoms with Crippen molar-refractivity contribution in [2.45, 2.75) is 24.9 Å². The highest BCUT2D eigenvalue weighted by atomic mass is 16.4. The van der Waals surface area contributed by atoms with E-state index >= 15 is 0 Å². The molecule has 6 N–H and O–H groups in total. The van der Waals surface area contributed by atoms with Gasteiger partial charge in [-0.2, -0.15) is 0 Å². The van der Waals surface area contributed by atoms with Crippen molar-refractivity contribution in [3.8, 4) is 0 Å². The Kier molecular flexibility index (Phi) is 9.18. The first-order valence-corrected chi connectivity index (χ1v) is 9.75. The second-order valence-corrected chi connectivity index (χ2v) is 6.94. The molecule has 164 valence electrons. The Bertz CT molecular complexity index is 889. The number of aliphatic carboxylic acids is 1. The molecular formula is C22H26N4O5. The van der Waals surface area contributed by atoms with Crippen molar-refractivity contribution in [2.75, 3.05) is 13.1 Å². The molecule has 2 aromatic carbocycles. The predicted octanol–water partition coefficient (Wildman–Crippen LogP) is -0.399. The lowest BCUT2D eigenvalue weighted by atomic mass is 10.0. The van der Waals surface area contributed by atoms with Crippen LogP contribution in [-0.4, -0.2) is 54.0 Å². The molecule has 0 aliphatic heterocycles. The Morgan fingerprint density at radius 1 is 0.774 bits per heavy atom. The molecule has 2 aromatic rings. The third-order valence-corrected chi connectivity index (χ3v) is 4.41. The summed E-state index contributed by atoms with van der Waals surface area (Å²) in [6, 6.07) is 16.6. The molecule has 9 nitrogen and oxygen atoms in total. The van der Waals surface area contributed by atoms with Crippen LogP contribution in [0, 0.1) is 0 Å². The second kappa shape index (κ2) is 12.1. The summed E-state index contributed by atoms with van der Waals surface area (Å²) < 4.78 is 0. The van der Waals surface area contributed by atoms with Crippen molar-refractivity contribution in [3.63, 3.8) is 0 Å². The quantitative estimate of drug-likeness (QED) is 0.330. The van der Waals surface area contributed by atoms with E-state index in [9.17, 15) is 19.2 Å². The van der Waals surface area contributed by atoms with Crippen LogP contribution in [0.25, 0.3) is 0 Å². The highest BCUT2D eigenvalue weighted by Crippen LogP contribution is 2.06. The van der Waals surface area contributed by atoms with E-state index in [-0.39, 0.29) is 6.42 Å². The zero-order chi connectivity index (χ0) is 22.6. The SMILES string of the molecule is N[C@@H](Cc1ccccc1)C(=O)N[C@@H](Cc1ccccc1)C(=O)NCC(=O)NCC(=O)O. The Morgan fingerprint density at radius 3 is 1.87 bits per heavy atom. The van der Waals surface area contributed by atoms with Crippen LogP contribution >= 0.6 is 0 Å². The molecule has 0 fully saturated rings. The van der Waals surface area contributed by atoms with Gasteiger partial charge in [-0.1, -0.05) is 60.7 Å². The molecule has 0 saturated carbocycles. The highest BCUT2D eigenvalue weighted by Gasteiger charge is 2.24. The average molecular weight is 426 g/mol. The molecule has 0 heterocycles. The number of benzene rings is 2. The van der Waals surface area contributed by atoms with E-state index in [1.54, 1.807) is 0 Å². The summed E-state index contributed by atoms with van der Waals surface area (Å²) in [5.41, 5.74) is 7.73. The molecule has 0 saturated heterocycles. The first-order chi connectivity index (χ1) is 14.8. The maximum atomic E-state index is 12.6. The van der Waals surface area contributed by atoms with Crippen LogP contribution in [0.1, 0.15) is 11.1 Å². The van der Waals surface area contributed by atoms with Crippen molar-refractivity contribution in [1.29, 1.82) is 0 Å². The summed E-state index contributed by atoms with van der Waals surface area (Å²) in [6.07, 6.45) is 0.511. The van der Waals surface area contributed by atoms with Crippen LogP contribution in [0.3, 0.4) is 0 Å². The lowest BCUT2D eigenvalue weighted by molar-refractivity contribution is -0.138. The number of carboxylic acid groups (broad SMARTS) is 1. The van der Waals surface area contributed by atoms with E-state index < -0.39 is 48.9 Å². The number of hydrogen-bond donors (Lipinski definition) is 5. The van der Waals surface area contributed by atoms with E-state index in [1.807, 2.05) is 60.7 Å². The third-order valence-electron chi connectivity index (χ3n) is 4.41. The smallest absolute Gasteiger partial charge is 0.322 e. The zero-order valence-electron chi connectivity index (χ0n) is 16.9. The largest absolute Gasteiger partial charge is 0.480 e. The maximum Gasteiger partial charge on any atom is 0.322 e. The van der Waals surface area contributed by atoms with Gasteiger partial charge in [0.1, 0.15) is 12.6 Å². The summed E-state index contributed by atoms with van der Waals surface area (Å²) in [6.45, 7) is -0.962. The van der Waals surface area contributed by atoms with Crippen LogP contribution in [0.4, 0.5) is 0 Å². The summed E-state index contributed by atoms with van der Waals surface area (Å²) in [4.78, 5) is 47.4. The van der Waals surface area contributed by atoms with Crippen molar-refractivity contribution >= 4 is 23.7 Å². The predicted molar refractivity (Wildman–Crippen MR) is 114 cm³/mol. The molecule has 31 heavy (non-hydrogen) atoms. The molecular weight excluding hydrogens is 400 g/mol. The number of hydrogen-bond acceptors (Lipinski definition) is 5. The molecule has 2 atom stereocenters. The molecule has 9 heteroatoms. The summed E-state index contributed by atoms with van der Waals surface area (Å²) in [7, 11) is 0. The van der Waals surface area contributed by atoms with Gasteiger partial charge in [0.05, 0.1) is 12.6 Å². The number of rotatable bonds is 11. The van der Waals surface area contributed by atoms with E-state index in [2.05, 4.69) is 16.0 Å². The number of carbonyl (C=O) groups excluding carboxylic acids is 3. The number of carbonyl (C=O) groups is 4. The number of nitrogens with two attached hydrogens (primary N) is 1. The van der Waals surface area contributed by atoms with Crippen molar-refractivity contribution in [2.24, 2.45) is 5.73 Å². The lowest BCUT2D eigenvalue weighted by Gasteiger charge is -2.21. The number of carboxylic acids is 1. The molecule has 0 bridgehead atoms. The van der Waals surface area contributed by atoms with Gasteiger partial charge in [0.15, 0.2) is 0 Å². The fourth-order valence-electron chi connectivity index (χ4n) is 2.83. The number of amides is 3. The van der Waals surface area contributed by atoms with Crippen LogP contribution < -0.4 is 21.7 Å². The summed E-state index contributed by atoms with van der Waals surface area (Å²) >= 11 is 0. The standard InChI is InChI=1S/C22H26N4O5/c23-17(11-15-7-3-1-4-8-15)21(30)26-18(12-16-9-5-2-6-10-16)22(31)25-13-19(27)24-14-20(28)29/h1-10,17-18H,11-14,23H2,(H,24,27)(H,25,31)(H,26,30)(H,28,29)/t17-,18-/m0/s1. The topological polar surface area (TPSA) is 151 Å². The molecule has 3 amide bonds. The minimum atomic E-state index is -1.19. The van der Waals surface area contributed by atoms with Gasteiger partial charge < -0.3 is 26.8 Å². The molecule has 0 aromatic heterocycles. The molecule has 0 radical (unpaired) electrons. The van der Waals surface area contributed by atoms with Gasteiger partial charge in [-0.15, -0.1) is 0 Å². The van der Waals surface area contributed by atoms with E-state index in [1.165, 1.54) is 0 Å². The lowest BCUT2D eigenvalue weighted by Crippen LogP contribution is -2.54. The van der Waals surface area contributed by atoms with E-state index in [4.69, 9.17) is 10.8 Å². The van der Waals surface area contributed by atoms with Crippen molar-refractivity contribution in [1.82, 2.24) is 16.0 Å². The van der Waals surface area contributed by atoms with Crippen LogP contribution in [-0.2, 0) is 32.0 Å². The van der Waals surface area contributed by atoms with Crippen LogP contribution in [0.15, 0.2) is 60.7 Å². The molecule has 0 aliphatic carbocycles. The van der Waals surface area contributed by atoms with E-state index in [0.29, 0.717) is 6.42 Å². The fraction of sp³-hybridized carbons (Fsp3) is 0.273. The molecule has 0 unspecified atom stereocenters. The first-order valence-electron chi connectivity index (χ1n) is 9.75. The zero-order valence-corrected chi connectivity index (χ0v) is 16.9. The van der Waals surface area contributed by atoms with Gasteiger partial charge in [-0.05, 0) is 17.5 Å². The first kappa shape index (κ1) is 23.6. The number of nitrogens with one attached hydrogen (secondary N) is 3.